The van der Waals surface area contributed by atoms with E-state index in [1.54, 1.807) is 0 Å². The van der Waals surface area contributed by atoms with E-state index in [0.717, 1.165) is 25.9 Å². The summed E-state index contributed by atoms with van der Waals surface area (Å²) < 4.78 is 5.91. The van der Waals surface area contributed by atoms with Gasteiger partial charge in [0.05, 0.1) is 12.7 Å². The van der Waals surface area contributed by atoms with Crippen molar-refractivity contribution in [1.29, 1.82) is 0 Å². The molecule has 0 spiro atoms. The van der Waals surface area contributed by atoms with Crippen LogP contribution in [-0.2, 0) is 4.74 Å². The van der Waals surface area contributed by atoms with Gasteiger partial charge in [0.25, 0.3) is 0 Å². The molecule has 2 N–H and O–H groups in total. The first-order valence-corrected chi connectivity index (χ1v) is 7.04. The average molecular weight is 243 g/mol. The van der Waals surface area contributed by atoms with E-state index in [9.17, 15) is 5.11 Å². The summed E-state index contributed by atoms with van der Waals surface area (Å²) in [4.78, 5) is 0. The van der Waals surface area contributed by atoms with Crippen LogP contribution in [-0.4, -0.2) is 36.5 Å². The Morgan fingerprint density at radius 1 is 1.41 bits per heavy atom. The van der Waals surface area contributed by atoms with E-state index in [0.29, 0.717) is 12.1 Å². The second-order valence-electron chi connectivity index (χ2n) is 5.78. The number of hydrogen-bond donors (Lipinski definition) is 2. The molecule has 102 valence electrons. The third kappa shape index (κ3) is 3.67. The van der Waals surface area contributed by atoms with Crippen LogP contribution in [0, 0.1) is 5.41 Å². The first-order chi connectivity index (χ1) is 8.06. The molecule has 0 aromatic heterocycles. The molecule has 3 nitrogen and oxygen atoms in total. The summed E-state index contributed by atoms with van der Waals surface area (Å²) in [7, 11) is 0. The molecular weight excluding hydrogens is 214 g/mol. The quantitative estimate of drug-likeness (QED) is 0.643. The van der Waals surface area contributed by atoms with E-state index in [4.69, 9.17) is 4.74 Å². The Labute approximate surface area is 106 Å². The number of aliphatic hydroxyl groups is 1. The van der Waals surface area contributed by atoms with Crippen LogP contribution in [0.3, 0.4) is 0 Å². The van der Waals surface area contributed by atoms with Crippen molar-refractivity contribution < 1.29 is 9.84 Å². The van der Waals surface area contributed by atoms with E-state index < -0.39 is 0 Å². The topological polar surface area (TPSA) is 41.5 Å². The van der Waals surface area contributed by atoms with Gasteiger partial charge in [0.15, 0.2) is 0 Å². The zero-order valence-corrected chi connectivity index (χ0v) is 11.8. The number of rotatable bonds is 8. The first kappa shape index (κ1) is 14.9. The fraction of sp³-hybridized carbons (Fsp3) is 1.00. The molecule has 3 heteroatoms. The molecule has 0 aromatic carbocycles. The minimum absolute atomic E-state index is 0.191. The molecule has 1 saturated carbocycles. The summed E-state index contributed by atoms with van der Waals surface area (Å²) in [6.07, 6.45) is 4.77. The van der Waals surface area contributed by atoms with Crippen molar-refractivity contribution in [2.45, 2.75) is 71.6 Å². The molecule has 1 aliphatic carbocycles. The molecule has 0 aromatic rings. The highest BCUT2D eigenvalue weighted by Gasteiger charge is 2.49. The van der Waals surface area contributed by atoms with Crippen molar-refractivity contribution in [3.8, 4) is 0 Å². The van der Waals surface area contributed by atoms with Crippen LogP contribution in [0.25, 0.3) is 0 Å². The zero-order chi connectivity index (χ0) is 12.9. The number of hydrogen-bond acceptors (Lipinski definition) is 3. The summed E-state index contributed by atoms with van der Waals surface area (Å²) >= 11 is 0. The molecule has 1 rings (SSSR count). The Kier molecular flexibility index (Phi) is 5.90. The molecule has 3 unspecified atom stereocenters. The first-order valence-electron chi connectivity index (χ1n) is 7.04. The molecule has 0 aliphatic heterocycles. The van der Waals surface area contributed by atoms with Gasteiger partial charge in [-0.1, -0.05) is 34.1 Å². The van der Waals surface area contributed by atoms with Crippen molar-refractivity contribution in [1.82, 2.24) is 5.32 Å². The van der Waals surface area contributed by atoms with Gasteiger partial charge in [-0.3, -0.25) is 0 Å². The highest BCUT2D eigenvalue weighted by atomic mass is 16.5. The van der Waals surface area contributed by atoms with Gasteiger partial charge in [0.2, 0.25) is 0 Å². The number of unbranched alkanes of at least 4 members (excludes halogenated alkanes) is 1. The van der Waals surface area contributed by atoms with Crippen LogP contribution >= 0.6 is 0 Å². The lowest BCUT2D eigenvalue weighted by Crippen LogP contribution is -2.63. The highest BCUT2D eigenvalue weighted by Crippen LogP contribution is 2.43. The molecule has 0 radical (unpaired) electrons. The zero-order valence-electron chi connectivity index (χ0n) is 11.8. The van der Waals surface area contributed by atoms with Crippen molar-refractivity contribution in [2.24, 2.45) is 5.41 Å². The molecule has 1 aliphatic rings. The Bertz CT molecular complexity index is 214. The Morgan fingerprint density at radius 3 is 2.59 bits per heavy atom. The van der Waals surface area contributed by atoms with Crippen LogP contribution in [0.15, 0.2) is 0 Å². The van der Waals surface area contributed by atoms with E-state index in [1.807, 2.05) is 0 Å². The van der Waals surface area contributed by atoms with E-state index in [1.165, 1.54) is 6.42 Å². The van der Waals surface area contributed by atoms with Gasteiger partial charge in [-0.25, -0.2) is 0 Å². The fourth-order valence-corrected chi connectivity index (χ4v) is 2.41. The maximum atomic E-state index is 9.21. The van der Waals surface area contributed by atoms with Crippen LogP contribution in [0.5, 0.6) is 0 Å². The maximum absolute atomic E-state index is 9.21. The van der Waals surface area contributed by atoms with Crippen LogP contribution in [0.4, 0.5) is 0 Å². The fourth-order valence-electron chi connectivity index (χ4n) is 2.41. The van der Waals surface area contributed by atoms with Crippen LogP contribution in [0.1, 0.15) is 53.4 Å². The maximum Gasteiger partial charge on any atom is 0.0655 e. The Morgan fingerprint density at radius 2 is 2.12 bits per heavy atom. The molecular formula is C14H29NO2. The molecule has 0 heterocycles. The monoisotopic (exact) mass is 243 g/mol. The van der Waals surface area contributed by atoms with Gasteiger partial charge in [0.1, 0.15) is 0 Å². The second-order valence-corrected chi connectivity index (χ2v) is 5.78. The lowest BCUT2D eigenvalue weighted by Gasteiger charge is -2.53. The minimum atomic E-state index is 0.191. The smallest absolute Gasteiger partial charge is 0.0655 e. The van der Waals surface area contributed by atoms with E-state index >= 15 is 0 Å². The van der Waals surface area contributed by atoms with Gasteiger partial charge in [-0.15, -0.1) is 0 Å². The standard InChI is InChI=1S/C14H29NO2/c1-5-7-8-17-13-9-12(14(13,3)4)15-11(6-2)10-16/h11-13,15-16H,5-10H2,1-4H3. The van der Waals surface area contributed by atoms with E-state index in [-0.39, 0.29) is 18.1 Å². The molecule has 1 fully saturated rings. The third-order valence-electron chi connectivity index (χ3n) is 4.14. The van der Waals surface area contributed by atoms with Gasteiger partial charge in [-0.2, -0.15) is 0 Å². The van der Waals surface area contributed by atoms with Gasteiger partial charge in [-0.05, 0) is 19.3 Å². The Balaban J connectivity index is 2.32. The number of nitrogens with one attached hydrogen (secondary N) is 1. The lowest BCUT2D eigenvalue weighted by atomic mass is 9.64. The second kappa shape index (κ2) is 6.72. The van der Waals surface area contributed by atoms with Gasteiger partial charge < -0.3 is 15.2 Å². The normalized spacial score (nSPS) is 28.8. The molecule has 0 amide bonds. The number of ether oxygens (including phenoxy) is 1. The molecule has 0 bridgehead atoms. The lowest BCUT2D eigenvalue weighted by molar-refractivity contribution is -0.121. The summed E-state index contributed by atoms with van der Waals surface area (Å²) in [5.41, 5.74) is 0.191. The van der Waals surface area contributed by atoms with Crippen molar-refractivity contribution >= 4 is 0 Å². The SMILES string of the molecule is CCCCOC1CC(NC(CC)CO)C1(C)C. The summed E-state index contributed by atoms with van der Waals surface area (Å²) in [5, 5.41) is 12.7. The van der Waals surface area contributed by atoms with Gasteiger partial charge >= 0.3 is 0 Å². The van der Waals surface area contributed by atoms with Crippen LogP contribution in [0.2, 0.25) is 0 Å². The largest absolute Gasteiger partial charge is 0.395 e. The van der Waals surface area contributed by atoms with Crippen molar-refractivity contribution in [3.63, 3.8) is 0 Å². The predicted octanol–water partition coefficient (Wildman–Crippen LogP) is 2.33. The number of aliphatic hydroxyl groups excluding tert-OH is 1. The Hall–Kier alpha value is -0.120. The summed E-state index contributed by atoms with van der Waals surface area (Å²) in [5.74, 6) is 0. The predicted molar refractivity (Wildman–Crippen MR) is 71.1 cm³/mol. The van der Waals surface area contributed by atoms with E-state index in [2.05, 4.69) is 33.0 Å². The summed E-state index contributed by atoms with van der Waals surface area (Å²) in [6, 6.07) is 0.710. The highest BCUT2D eigenvalue weighted by molar-refractivity contribution is 5.03. The minimum Gasteiger partial charge on any atom is -0.395 e. The molecule has 0 saturated heterocycles. The summed E-state index contributed by atoms with van der Waals surface area (Å²) in [6.45, 7) is 9.92. The third-order valence-corrected chi connectivity index (χ3v) is 4.14. The van der Waals surface area contributed by atoms with Crippen LogP contribution < -0.4 is 5.32 Å². The average Bonchev–Trinajstić information content (AvgIpc) is 2.32. The molecule has 17 heavy (non-hydrogen) atoms. The molecule has 3 atom stereocenters. The van der Waals surface area contributed by atoms with Crippen molar-refractivity contribution in [2.75, 3.05) is 13.2 Å². The van der Waals surface area contributed by atoms with Crippen molar-refractivity contribution in [3.05, 3.63) is 0 Å². The van der Waals surface area contributed by atoms with Gasteiger partial charge in [0, 0.05) is 24.1 Å².